The van der Waals surface area contributed by atoms with E-state index in [1.54, 1.807) is 6.07 Å². The number of phenols is 1. The highest BCUT2D eigenvalue weighted by Crippen LogP contribution is 2.45. The zero-order valence-corrected chi connectivity index (χ0v) is 27.2. The first-order valence-corrected chi connectivity index (χ1v) is 18.3. The van der Waals surface area contributed by atoms with Crippen molar-refractivity contribution < 1.29 is 31.4 Å². The minimum atomic E-state index is -3.26. The van der Waals surface area contributed by atoms with Gasteiger partial charge in [-0.25, -0.2) is 21.6 Å². The van der Waals surface area contributed by atoms with Gasteiger partial charge in [0.05, 0.1) is 16.4 Å². The van der Waals surface area contributed by atoms with Crippen molar-refractivity contribution in [3.63, 3.8) is 0 Å². The molecule has 3 aliphatic heterocycles. The van der Waals surface area contributed by atoms with Crippen LogP contribution in [0, 0.1) is 35.8 Å². The van der Waals surface area contributed by atoms with Gasteiger partial charge < -0.3 is 14.7 Å². The van der Waals surface area contributed by atoms with Crippen LogP contribution in [0.1, 0.15) is 37.7 Å². The van der Waals surface area contributed by atoms with Gasteiger partial charge in [0.2, 0.25) is 0 Å². The Bertz CT molecular complexity index is 2130. The first-order chi connectivity index (χ1) is 23.0. The minimum Gasteiger partial charge on any atom is -0.508 e. The van der Waals surface area contributed by atoms with Crippen molar-refractivity contribution in [3.05, 3.63) is 53.6 Å². The van der Waals surface area contributed by atoms with Gasteiger partial charge >= 0.3 is 6.01 Å². The van der Waals surface area contributed by atoms with Gasteiger partial charge in [0.15, 0.2) is 15.7 Å². The minimum absolute atomic E-state index is 0.0456. The zero-order valence-electron chi connectivity index (χ0n) is 26.4. The molecule has 48 heavy (non-hydrogen) atoms. The number of hydrogen-bond acceptors (Lipinski definition) is 8. The highest BCUT2D eigenvalue weighted by molar-refractivity contribution is 7.91. The molecule has 1 aromatic heterocycles. The average molecular weight is 677 g/mol. The van der Waals surface area contributed by atoms with E-state index in [4.69, 9.17) is 16.1 Å². The maximum atomic E-state index is 16.9. The molecule has 4 heterocycles. The molecule has 8 nitrogen and oxygen atoms in total. The summed E-state index contributed by atoms with van der Waals surface area (Å²) in [6, 6.07) is 8.64. The summed E-state index contributed by atoms with van der Waals surface area (Å²) < 4.78 is 77.9. The van der Waals surface area contributed by atoms with Gasteiger partial charge in [0.25, 0.3) is 0 Å². The number of aromatic hydroxyl groups is 1. The van der Waals surface area contributed by atoms with Gasteiger partial charge in [0, 0.05) is 48.6 Å². The van der Waals surface area contributed by atoms with Crippen molar-refractivity contribution in [3.8, 4) is 35.2 Å². The monoisotopic (exact) mass is 676 g/mol. The number of benzene rings is 3. The third-order valence-electron chi connectivity index (χ3n) is 11.0. The number of nitrogens with zero attached hydrogens (tertiary/aromatic N) is 4. The smallest absolute Gasteiger partial charge is 0.319 e. The molecule has 4 fully saturated rings. The van der Waals surface area contributed by atoms with E-state index in [1.165, 1.54) is 36.6 Å². The van der Waals surface area contributed by atoms with E-state index in [9.17, 15) is 22.3 Å². The molecular weight excluding hydrogens is 641 g/mol. The van der Waals surface area contributed by atoms with Crippen molar-refractivity contribution in [2.75, 3.05) is 43.9 Å². The number of piperidine rings is 1. The van der Waals surface area contributed by atoms with E-state index in [1.807, 2.05) is 4.90 Å². The van der Waals surface area contributed by atoms with Crippen molar-refractivity contribution in [1.82, 2.24) is 14.9 Å². The van der Waals surface area contributed by atoms with Gasteiger partial charge in [0.1, 0.15) is 35.7 Å². The molecule has 12 heteroatoms. The molecule has 250 valence electrons. The van der Waals surface area contributed by atoms with Gasteiger partial charge in [-0.15, -0.1) is 6.42 Å². The lowest BCUT2D eigenvalue weighted by Crippen LogP contribution is -2.48. The zero-order chi connectivity index (χ0) is 33.5. The molecule has 0 spiro atoms. The summed E-state index contributed by atoms with van der Waals surface area (Å²) in [6.45, 7) is 2.12. The standard InChI is InChI=1S/C36H35F3N4O4S/c1-3-25-29(38)10-7-20-13-24(44)14-28(30(20)25)26-8-9-27-32(31(26)39)40-35(47-19-36-11-4-12-43(36)18-23(37)15-36)41-34(27)42-16-21-5-6-22(17-42)33(21)48(2,45)46/h1,7-10,13-14,21-23,33,44H,4-6,11-12,15-19H2,2H3/t21-,22+,23-,33?,36+/m1/s1. The maximum Gasteiger partial charge on any atom is 0.319 e. The summed E-state index contributed by atoms with van der Waals surface area (Å²) in [5, 5.41) is 11.3. The molecule has 1 unspecified atom stereocenters. The lowest BCUT2D eigenvalue weighted by atomic mass is 9.93. The van der Waals surface area contributed by atoms with Gasteiger partial charge in [-0.2, -0.15) is 9.97 Å². The molecule has 4 aromatic rings. The van der Waals surface area contributed by atoms with Crippen LogP contribution < -0.4 is 9.64 Å². The summed E-state index contributed by atoms with van der Waals surface area (Å²) in [7, 11) is -3.26. The molecule has 1 saturated carbocycles. The lowest BCUT2D eigenvalue weighted by Gasteiger charge is -2.38. The molecule has 0 radical (unpaired) electrons. The van der Waals surface area contributed by atoms with E-state index in [-0.39, 0.29) is 57.8 Å². The quantitative estimate of drug-likeness (QED) is 0.263. The fraction of sp³-hybridized carbons (Fsp3) is 0.444. The molecule has 1 N–H and O–H groups in total. The molecular formula is C36H35F3N4O4S. The molecule has 8 rings (SSSR count). The Balaban J connectivity index is 1.27. The predicted molar refractivity (Wildman–Crippen MR) is 178 cm³/mol. The second-order valence-electron chi connectivity index (χ2n) is 14.0. The van der Waals surface area contributed by atoms with Crippen molar-refractivity contribution >= 4 is 37.3 Å². The number of halogens is 3. The fourth-order valence-electron chi connectivity index (χ4n) is 9.11. The largest absolute Gasteiger partial charge is 0.508 e. The van der Waals surface area contributed by atoms with E-state index in [0.717, 1.165) is 32.2 Å². The van der Waals surface area contributed by atoms with Crippen LogP contribution in [0.15, 0.2) is 36.4 Å². The van der Waals surface area contributed by atoms with Crippen LogP contribution in [-0.4, -0.2) is 84.4 Å². The second-order valence-corrected chi connectivity index (χ2v) is 16.2. The van der Waals surface area contributed by atoms with E-state index in [0.29, 0.717) is 42.6 Å². The third-order valence-corrected chi connectivity index (χ3v) is 12.8. The van der Waals surface area contributed by atoms with Crippen LogP contribution >= 0.6 is 0 Å². The highest BCUT2D eigenvalue weighted by atomic mass is 32.2. The molecule has 2 bridgehead atoms. The number of ether oxygens (including phenoxy) is 1. The number of hydrogen-bond donors (Lipinski definition) is 1. The van der Waals surface area contributed by atoms with Crippen molar-refractivity contribution in [1.29, 1.82) is 0 Å². The molecule has 3 saturated heterocycles. The van der Waals surface area contributed by atoms with E-state index < -0.39 is 38.4 Å². The van der Waals surface area contributed by atoms with Gasteiger partial charge in [-0.1, -0.05) is 18.1 Å². The van der Waals surface area contributed by atoms with E-state index >= 15 is 4.39 Å². The number of sulfone groups is 1. The van der Waals surface area contributed by atoms with Crippen LogP contribution in [0.25, 0.3) is 32.8 Å². The number of rotatable bonds is 6. The summed E-state index contributed by atoms with van der Waals surface area (Å²) in [5.74, 6) is 1.08. The molecule has 3 aromatic carbocycles. The van der Waals surface area contributed by atoms with Crippen LogP contribution in [-0.2, 0) is 9.84 Å². The number of terminal acetylenes is 1. The van der Waals surface area contributed by atoms with E-state index in [2.05, 4.69) is 15.8 Å². The molecule has 4 aliphatic rings. The topological polar surface area (TPSA) is 95.9 Å². The van der Waals surface area contributed by atoms with Gasteiger partial charge in [-0.05, 0) is 79.3 Å². The Morgan fingerprint density at radius 1 is 1.08 bits per heavy atom. The summed E-state index contributed by atoms with van der Waals surface area (Å²) in [6.07, 6.45) is 9.60. The average Bonchev–Trinajstić information content (AvgIpc) is 3.67. The Morgan fingerprint density at radius 2 is 1.85 bits per heavy atom. The van der Waals surface area contributed by atoms with Crippen LogP contribution in [0.5, 0.6) is 11.8 Å². The Kier molecular flexibility index (Phi) is 7.31. The summed E-state index contributed by atoms with van der Waals surface area (Å²) in [5.41, 5.74) is -0.334. The maximum absolute atomic E-state index is 16.9. The summed E-state index contributed by atoms with van der Waals surface area (Å²) >= 11 is 0. The number of anilines is 1. The third kappa shape index (κ3) is 4.96. The number of fused-ring (bicyclic) bond motifs is 5. The molecule has 0 amide bonds. The van der Waals surface area contributed by atoms with Crippen molar-refractivity contribution in [2.24, 2.45) is 11.8 Å². The Hall–Kier alpha value is -4.08. The summed E-state index contributed by atoms with van der Waals surface area (Å²) in [4.78, 5) is 13.5. The Morgan fingerprint density at radius 3 is 2.58 bits per heavy atom. The molecule has 5 atom stereocenters. The predicted octanol–water partition coefficient (Wildman–Crippen LogP) is 5.63. The number of aromatic nitrogens is 2. The normalized spacial score (nSPS) is 27.1. The Labute approximate surface area is 276 Å². The first-order valence-electron chi connectivity index (χ1n) is 16.3. The van der Waals surface area contributed by atoms with Crippen LogP contribution in [0.2, 0.25) is 0 Å². The van der Waals surface area contributed by atoms with Crippen LogP contribution in [0.3, 0.4) is 0 Å². The number of alkyl halides is 1. The van der Waals surface area contributed by atoms with Crippen molar-refractivity contribution in [2.45, 2.75) is 49.1 Å². The lowest BCUT2D eigenvalue weighted by molar-refractivity contribution is 0.107. The van der Waals surface area contributed by atoms with Crippen LogP contribution in [0.4, 0.5) is 19.0 Å². The van der Waals surface area contributed by atoms with Gasteiger partial charge in [-0.3, -0.25) is 4.90 Å². The number of phenolic OH excluding ortho intramolecular Hbond substituents is 1. The highest BCUT2D eigenvalue weighted by Gasteiger charge is 2.50. The fourth-order valence-corrected chi connectivity index (χ4v) is 11.0. The first kappa shape index (κ1) is 31.2. The SMILES string of the molecule is C#Cc1c(F)ccc2cc(O)cc(-c3ccc4c(N5C[C@H]6CC[C@@H](C5)C6S(C)(=O)=O)nc(OC[C@@]56CCCN5C[C@H](F)C6)nc4c3F)c12. The second kappa shape index (κ2) is 11.2. The molecule has 1 aliphatic carbocycles.